The summed E-state index contributed by atoms with van der Waals surface area (Å²) in [5.74, 6) is 1.16. The monoisotopic (exact) mass is 704 g/mol. The molecule has 290 valence electrons. The number of carbonyl (C=O) groups is 2. The highest BCUT2D eigenvalue weighted by Crippen LogP contribution is 2.22. The first-order chi connectivity index (χ1) is 23.5. The molecule has 0 aliphatic carbocycles. The Kier molecular flexibility index (Phi) is 27.3. The van der Waals surface area contributed by atoms with Gasteiger partial charge in [-0.05, 0) is 70.0 Å². The summed E-state index contributed by atoms with van der Waals surface area (Å²) >= 11 is 0. The lowest BCUT2D eigenvalue weighted by Crippen LogP contribution is -2.59. The van der Waals surface area contributed by atoms with Crippen molar-refractivity contribution in [2.45, 2.75) is 174 Å². The lowest BCUT2D eigenvalue weighted by molar-refractivity contribution is -0.301. The number of ether oxygens (including phenoxy) is 4. The smallest absolute Gasteiger partial charge is 0.305 e. The van der Waals surface area contributed by atoms with E-state index in [9.17, 15) is 30.0 Å². The lowest BCUT2D eigenvalue weighted by Gasteiger charge is -2.39. The van der Waals surface area contributed by atoms with Crippen LogP contribution in [0.15, 0.2) is 0 Å². The van der Waals surface area contributed by atoms with Crippen LogP contribution >= 0.6 is 0 Å². The Bertz CT molecular complexity index is 769. The molecule has 49 heavy (non-hydrogen) atoms. The van der Waals surface area contributed by atoms with E-state index in [1.165, 1.54) is 51.4 Å². The second-order valence-corrected chi connectivity index (χ2v) is 14.7. The van der Waals surface area contributed by atoms with Gasteiger partial charge in [-0.15, -0.1) is 0 Å². The van der Waals surface area contributed by atoms with Crippen molar-refractivity contribution in [3.8, 4) is 0 Å². The standard InChI is InChI=1S/C38H73NO10/c1-30(2)19-11-7-5-9-14-26-46-33(41)21-17-24-39(25-18-22-34(42)47-27-15-10-6-8-12-20-31(3)4)23-13-16-28-48-38-37(45)36(44)35(43)32(29-40)49-38/h30-32,35-38,40,43-45H,5-29H2,1-4H3/t32-,35-,36+,37+,38+/m1/s1. The van der Waals surface area contributed by atoms with Gasteiger partial charge in [0.1, 0.15) is 24.4 Å². The molecule has 1 saturated heterocycles. The van der Waals surface area contributed by atoms with Crippen molar-refractivity contribution in [3.05, 3.63) is 0 Å². The highest BCUT2D eigenvalue weighted by Gasteiger charge is 2.43. The van der Waals surface area contributed by atoms with Crippen molar-refractivity contribution in [3.63, 3.8) is 0 Å². The molecule has 11 nitrogen and oxygen atoms in total. The van der Waals surface area contributed by atoms with E-state index in [0.29, 0.717) is 58.4 Å². The molecule has 0 aromatic heterocycles. The first-order valence-electron chi connectivity index (χ1n) is 19.5. The minimum absolute atomic E-state index is 0.170. The van der Waals surface area contributed by atoms with Crippen molar-refractivity contribution in [1.29, 1.82) is 0 Å². The van der Waals surface area contributed by atoms with Gasteiger partial charge in [0.25, 0.3) is 0 Å². The molecule has 0 unspecified atom stereocenters. The number of rotatable bonds is 31. The van der Waals surface area contributed by atoms with Gasteiger partial charge in [0.2, 0.25) is 0 Å². The van der Waals surface area contributed by atoms with Gasteiger partial charge in [-0.2, -0.15) is 0 Å². The van der Waals surface area contributed by atoms with E-state index >= 15 is 0 Å². The van der Waals surface area contributed by atoms with Crippen molar-refractivity contribution in [2.24, 2.45) is 11.8 Å². The Morgan fingerprint density at radius 2 is 1.04 bits per heavy atom. The second kappa shape index (κ2) is 29.3. The molecule has 0 saturated carbocycles. The van der Waals surface area contributed by atoms with Crippen molar-refractivity contribution in [2.75, 3.05) is 46.1 Å². The van der Waals surface area contributed by atoms with Crippen LogP contribution in [0, 0.1) is 11.8 Å². The summed E-state index contributed by atoms with van der Waals surface area (Å²) < 4.78 is 21.9. The van der Waals surface area contributed by atoms with Gasteiger partial charge in [-0.3, -0.25) is 9.59 Å². The van der Waals surface area contributed by atoms with E-state index in [1.54, 1.807) is 0 Å². The number of esters is 2. The van der Waals surface area contributed by atoms with Gasteiger partial charge in [-0.25, -0.2) is 0 Å². The zero-order valence-electron chi connectivity index (χ0n) is 31.4. The Labute approximate surface area is 297 Å². The number of aliphatic hydroxyl groups is 4. The van der Waals surface area contributed by atoms with Gasteiger partial charge in [0.05, 0.1) is 19.8 Å². The summed E-state index contributed by atoms with van der Waals surface area (Å²) in [5.41, 5.74) is 0. The minimum Gasteiger partial charge on any atom is -0.466 e. The van der Waals surface area contributed by atoms with Crippen LogP contribution in [0.1, 0.15) is 143 Å². The van der Waals surface area contributed by atoms with Crippen LogP contribution in [0.2, 0.25) is 0 Å². The third-order valence-corrected chi connectivity index (χ3v) is 9.09. The number of unbranched alkanes of at least 4 members (excludes halogenated alkanes) is 9. The van der Waals surface area contributed by atoms with Crippen molar-refractivity contribution in [1.82, 2.24) is 4.90 Å². The molecule has 0 aromatic rings. The van der Waals surface area contributed by atoms with Gasteiger partial charge in [0.15, 0.2) is 6.29 Å². The summed E-state index contributed by atoms with van der Waals surface area (Å²) in [5, 5.41) is 39.5. The Hall–Kier alpha value is -1.34. The Morgan fingerprint density at radius 1 is 0.592 bits per heavy atom. The molecule has 1 rings (SSSR count). The molecule has 0 bridgehead atoms. The van der Waals surface area contributed by atoms with E-state index in [-0.39, 0.29) is 18.5 Å². The molecule has 0 aromatic carbocycles. The maximum absolute atomic E-state index is 12.3. The number of hydrogen-bond donors (Lipinski definition) is 4. The van der Waals surface area contributed by atoms with Crippen LogP contribution in [0.3, 0.4) is 0 Å². The molecule has 11 heteroatoms. The predicted molar refractivity (Wildman–Crippen MR) is 191 cm³/mol. The maximum Gasteiger partial charge on any atom is 0.305 e. The first-order valence-corrected chi connectivity index (χ1v) is 19.5. The molecule has 5 atom stereocenters. The molecule has 0 amide bonds. The van der Waals surface area contributed by atoms with E-state index in [2.05, 4.69) is 32.6 Å². The Balaban J connectivity index is 2.37. The lowest BCUT2D eigenvalue weighted by atomic mass is 9.99. The van der Waals surface area contributed by atoms with Crippen molar-refractivity contribution >= 4 is 11.9 Å². The zero-order valence-corrected chi connectivity index (χ0v) is 31.4. The third-order valence-electron chi connectivity index (χ3n) is 9.09. The largest absolute Gasteiger partial charge is 0.466 e. The van der Waals surface area contributed by atoms with Crippen molar-refractivity contribution < 1.29 is 49.0 Å². The SMILES string of the molecule is CC(C)CCCCCCCOC(=O)CCCN(CCCCO[C@H]1O[C@H](CO)[C@@H](O)[C@H](O)[C@@H]1O)CCCC(=O)OCCCCCCCC(C)C. The second-order valence-electron chi connectivity index (χ2n) is 14.7. The van der Waals surface area contributed by atoms with E-state index in [4.69, 9.17) is 18.9 Å². The summed E-state index contributed by atoms with van der Waals surface area (Å²) in [4.78, 5) is 26.9. The summed E-state index contributed by atoms with van der Waals surface area (Å²) in [6.07, 6.45) is 10.9. The normalized spacial score (nSPS) is 21.2. The zero-order chi connectivity index (χ0) is 36.3. The van der Waals surface area contributed by atoms with E-state index in [1.807, 2.05) is 0 Å². The van der Waals surface area contributed by atoms with Crippen LogP contribution in [0.25, 0.3) is 0 Å². The molecule has 0 spiro atoms. The summed E-state index contributed by atoms with van der Waals surface area (Å²) in [6, 6.07) is 0. The fourth-order valence-electron chi connectivity index (χ4n) is 5.96. The summed E-state index contributed by atoms with van der Waals surface area (Å²) in [7, 11) is 0. The number of carbonyl (C=O) groups excluding carboxylic acids is 2. The number of aliphatic hydroxyl groups excluding tert-OH is 4. The molecule has 1 fully saturated rings. The quantitative estimate of drug-likeness (QED) is 0.0533. The Morgan fingerprint density at radius 3 is 1.53 bits per heavy atom. The molecular weight excluding hydrogens is 630 g/mol. The molecular formula is C38H73NO10. The third kappa shape index (κ3) is 23.7. The van der Waals surface area contributed by atoms with Crippen LogP contribution in [-0.2, 0) is 28.5 Å². The van der Waals surface area contributed by atoms with Gasteiger partial charge in [0, 0.05) is 19.4 Å². The van der Waals surface area contributed by atoms with Gasteiger partial charge in [-0.1, -0.05) is 91.9 Å². The highest BCUT2D eigenvalue weighted by molar-refractivity contribution is 5.69. The predicted octanol–water partition coefficient (Wildman–Crippen LogP) is 5.53. The topological polar surface area (TPSA) is 155 Å². The van der Waals surface area contributed by atoms with Gasteiger partial charge < -0.3 is 44.3 Å². The molecule has 1 aliphatic heterocycles. The molecule has 1 heterocycles. The molecule has 4 N–H and O–H groups in total. The molecule has 1 aliphatic rings. The molecule has 0 radical (unpaired) electrons. The van der Waals surface area contributed by atoms with Crippen LogP contribution in [0.5, 0.6) is 0 Å². The van der Waals surface area contributed by atoms with Crippen LogP contribution in [0.4, 0.5) is 0 Å². The fourth-order valence-corrected chi connectivity index (χ4v) is 5.96. The fraction of sp³-hybridized carbons (Fsp3) is 0.947. The number of hydrogen-bond acceptors (Lipinski definition) is 11. The summed E-state index contributed by atoms with van der Waals surface area (Å²) in [6.45, 7) is 11.8. The number of nitrogens with zero attached hydrogens (tertiary/aromatic N) is 1. The van der Waals surface area contributed by atoms with Crippen LogP contribution in [-0.4, -0.2) is 114 Å². The minimum atomic E-state index is -1.47. The maximum atomic E-state index is 12.3. The average molecular weight is 704 g/mol. The first kappa shape index (κ1) is 45.7. The average Bonchev–Trinajstić information content (AvgIpc) is 3.06. The van der Waals surface area contributed by atoms with Crippen LogP contribution < -0.4 is 0 Å². The van der Waals surface area contributed by atoms with Gasteiger partial charge >= 0.3 is 11.9 Å². The highest BCUT2D eigenvalue weighted by atomic mass is 16.7. The van der Waals surface area contributed by atoms with E-state index < -0.39 is 37.3 Å². The van der Waals surface area contributed by atoms with E-state index in [0.717, 1.165) is 50.5 Å².